The van der Waals surface area contributed by atoms with Crippen LogP contribution >= 0.6 is 0 Å². The van der Waals surface area contributed by atoms with E-state index in [2.05, 4.69) is 15.0 Å². The van der Waals surface area contributed by atoms with Crippen molar-refractivity contribution in [1.29, 1.82) is 0 Å². The molecule has 0 radical (unpaired) electrons. The van der Waals surface area contributed by atoms with Crippen molar-refractivity contribution in [2.45, 2.75) is 31.2 Å². The van der Waals surface area contributed by atoms with E-state index < -0.39 is 10.0 Å². The fraction of sp³-hybridized carbons (Fsp3) is 0.294. The predicted octanol–water partition coefficient (Wildman–Crippen LogP) is 2.53. The van der Waals surface area contributed by atoms with Crippen molar-refractivity contribution in [2.24, 2.45) is 10.3 Å². The van der Waals surface area contributed by atoms with Crippen molar-refractivity contribution in [3.63, 3.8) is 0 Å². The lowest BCUT2D eigenvalue weighted by atomic mass is 10.0. The number of hydrogen-bond donors (Lipinski definition) is 2. The topological polar surface area (TPSA) is 101 Å². The zero-order valence-corrected chi connectivity index (χ0v) is 14.5. The van der Waals surface area contributed by atoms with Crippen molar-refractivity contribution in [1.82, 2.24) is 5.32 Å². The number of anilines is 1. The Labute approximate surface area is 146 Å². The largest absolute Gasteiger partial charge is 0.467 e. The molecule has 3 rings (SSSR count). The molecule has 0 spiro atoms. The van der Waals surface area contributed by atoms with Gasteiger partial charge in [0, 0.05) is 12.8 Å². The van der Waals surface area contributed by atoms with Gasteiger partial charge in [-0.3, -0.25) is 4.79 Å². The lowest BCUT2D eigenvalue weighted by Gasteiger charge is -2.20. The molecule has 0 saturated heterocycles. The molecular weight excluding hydrogens is 342 g/mol. The molecule has 0 bridgehead atoms. The van der Waals surface area contributed by atoms with Gasteiger partial charge >= 0.3 is 0 Å². The maximum Gasteiger partial charge on any atom is 0.286 e. The van der Waals surface area contributed by atoms with Gasteiger partial charge in [-0.05, 0) is 30.2 Å². The van der Waals surface area contributed by atoms with Crippen LogP contribution in [0.5, 0.6) is 0 Å². The average Bonchev–Trinajstić information content (AvgIpc) is 3.05. The first kappa shape index (κ1) is 17.2. The Bertz CT molecular complexity index is 888. The van der Waals surface area contributed by atoms with Gasteiger partial charge in [-0.1, -0.05) is 19.1 Å². The summed E-state index contributed by atoms with van der Waals surface area (Å²) in [5, 5.41) is 5.81. The number of furan rings is 1. The highest BCUT2D eigenvalue weighted by Gasteiger charge is 2.25. The number of fused-ring (bicyclic) bond motifs is 1. The summed E-state index contributed by atoms with van der Waals surface area (Å²) in [5.74, 6) is 0.846. The third-order valence-electron chi connectivity index (χ3n) is 3.79. The van der Waals surface area contributed by atoms with Gasteiger partial charge in [-0.2, -0.15) is 8.42 Å². The van der Waals surface area contributed by atoms with E-state index in [-0.39, 0.29) is 23.1 Å². The van der Waals surface area contributed by atoms with E-state index in [1.807, 2.05) is 6.92 Å². The highest BCUT2D eigenvalue weighted by atomic mass is 32.2. The molecule has 0 fully saturated rings. The Morgan fingerprint density at radius 1 is 1.28 bits per heavy atom. The molecule has 1 aliphatic rings. The Morgan fingerprint density at radius 3 is 2.84 bits per heavy atom. The van der Waals surface area contributed by atoms with Crippen molar-refractivity contribution in [3.8, 4) is 0 Å². The lowest BCUT2D eigenvalue weighted by molar-refractivity contribution is -0.122. The van der Waals surface area contributed by atoms with E-state index in [1.165, 1.54) is 6.07 Å². The molecule has 2 N–H and O–H groups in total. The molecule has 2 aromatic rings. The van der Waals surface area contributed by atoms with Crippen LogP contribution in [0.15, 0.2) is 56.4 Å². The Balaban J connectivity index is 1.57. The Kier molecular flexibility index (Phi) is 4.89. The highest BCUT2D eigenvalue weighted by molar-refractivity contribution is 7.90. The first-order valence-corrected chi connectivity index (χ1v) is 9.37. The van der Waals surface area contributed by atoms with Gasteiger partial charge in [0.1, 0.15) is 16.5 Å². The molecule has 1 aliphatic heterocycles. The number of amides is 1. The fourth-order valence-electron chi connectivity index (χ4n) is 2.65. The molecular formula is C17H19N3O4S. The van der Waals surface area contributed by atoms with E-state index >= 15 is 0 Å². The number of nitrogens with zero attached hydrogens (tertiary/aromatic N) is 1. The monoisotopic (exact) mass is 361 g/mol. The van der Waals surface area contributed by atoms with Gasteiger partial charge in [0.2, 0.25) is 5.91 Å². The Hall–Kier alpha value is -2.61. The van der Waals surface area contributed by atoms with E-state index in [0.29, 0.717) is 30.2 Å². The van der Waals surface area contributed by atoms with Gasteiger partial charge in [0.05, 0.1) is 18.5 Å². The molecule has 1 atom stereocenters. The zero-order valence-electron chi connectivity index (χ0n) is 13.7. The summed E-state index contributed by atoms with van der Waals surface area (Å²) in [4.78, 5) is 12.2. The summed E-state index contributed by atoms with van der Waals surface area (Å²) < 4.78 is 33.4. The van der Waals surface area contributed by atoms with Gasteiger partial charge < -0.3 is 15.1 Å². The second-order valence-corrected chi connectivity index (χ2v) is 7.58. The normalized spacial score (nSPS) is 16.3. The molecule has 8 heteroatoms. The third kappa shape index (κ3) is 4.27. The average molecular weight is 361 g/mol. The standard InChI is InChI=1S/C17H19N3O4S/c1-12(10-17(21)18-11-13-5-4-8-24-13)9-16-19-14-6-2-3-7-15(14)25(22,23)20-16/h2-8,12H,9-11H2,1H3,(H,18,21)(H,19,20). The van der Waals surface area contributed by atoms with Crippen LogP contribution in [0.2, 0.25) is 0 Å². The van der Waals surface area contributed by atoms with Crippen molar-refractivity contribution < 1.29 is 17.6 Å². The molecule has 0 saturated carbocycles. The molecule has 1 unspecified atom stereocenters. The summed E-state index contributed by atoms with van der Waals surface area (Å²) in [5.41, 5.74) is 0.516. The smallest absolute Gasteiger partial charge is 0.286 e. The predicted molar refractivity (Wildman–Crippen MR) is 93.6 cm³/mol. The van der Waals surface area contributed by atoms with E-state index in [1.54, 1.807) is 36.6 Å². The molecule has 25 heavy (non-hydrogen) atoms. The number of amidine groups is 1. The summed E-state index contributed by atoms with van der Waals surface area (Å²) in [6.07, 6.45) is 2.18. The summed E-state index contributed by atoms with van der Waals surface area (Å²) in [6.45, 7) is 2.21. The van der Waals surface area contributed by atoms with E-state index in [4.69, 9.17) is 4.42 Å². The molecule has 2 heterocycles. The summed E-state index contributed by atoms with van der Waals surface area (Å²) in [6, 6.07) is 10.2. The van der Waals surface area contributed by atoms with Crippen molar-refractivity contribution in [3.05, 3.63) is 48.4 Å². The van der Waals surface area contributed by atoms with Crippen LogP contribution in [-0.2, 0) is 21.4 Å². The molecule has 1 amide bonds. The maximum absolute atomic E-state index is 12.2. The van der Waals surface area contributed by atoms with Gasteiger partial charge in [-0.25, -0.2) is 0 Å². The molecule has 0 aliphatic carbocycles. The van der Waals surface area contributed by atoms with Crippen LogP contribution in [0.25, 0.3) is 0 Å². The number of hydrogen-bond acceptors (Lipinski definition) is 5. The number of nitrogens with one attached hydrogen (secondary N) is 2. The van der Waals surface area contributed by atoms with E-state index in [9.17, 15) is 13.2 Å². The van der Waals surface area contributed by atoms with Gasteiger partial charge in [-0.15, -0.1) is 4.40 Å². The van der Waals surface area contributed by atoms with Crippen LogP contribution in [0, 0.1) is 5.92 Å². The SMILES string of the molecule is CC(CC(=O)NCc1ccco1)CC1=NS(=O)(=O)c2ccccc2N1. The number of para-hydroxylation sites is 1. The van der Waals surface area contributed by atoms with E-state index in [0.717, 1.165) is 0 Å². The number of carbonyl (C=O) groups is 1. The lowest BCUT2D eigenvalue weighted by Crippen LogP contribution is -2.27. The second-order valence-electron chi connectivity index (χ2n) is 6.00. The summed E-state index contributed by atoms with van der Waals surface area (Å²) in [7, 11) is -3.69. The number of rotatable bonds is 6. The maximum atomic E-state index is 12.2. The molecule has 132 valence electrons. The molecule has 1 aromatic heterocycles. The van der Waals surface area contributed by atoms with Crippen LogP contribution in [0.4, 0.5) is 5.69 Å². The molecule has 1 aromatic carbocycles. The number of benzene rings is 1. The van der Waals surface area contributed by atoms with Crippen LogP contribution in [0.3, 0.4) is 0 Å². The highest BCUT2D eigenvalue weighted by Crippen LogP contribution is 2.28. The third-order valence-corrected chi connectivity index (χ3v) is 5.16. The summed E-state index contributed by atoms with van der Waals surface area (Å²) >= 11 is 0. The Morgan fingerprint density at radius 2 is 2.08 bits per heavy atom. The minimum atomic E-state index is -3.69. The first-order chi connectivity index (χ1) is 11.9. The fourth-order valence-corrected chi connectivity index (χ4v) is 3.80. The number of carbonyl (C=O) groups excluding carboxylic acids is 1. The minimum Gasteiger partial charge on any atom is -0.467 e. The van der Waals surface area contributed by atoms with Crippen molar-refractivity contribution >= 4 is 27.5 Å². The van der Waals surface area contributed by atoms with Crippen LogP contribution in [-0.4, -0.2) is 20.2 Å². The first-order valence-electron chi connectivity index (χ1n) is 7.93. The van der Waals surface area contributed by atoms with Gasteiger partial charge in [0.25, 0.3) is 10.0 Å². The second kappa shape index (κ2) is 7.10. The number of sulfonamides is 1. The van der Waals surface area contributed by atoms with Crippen molar-refractivity contribution in [2.75, 3.05) is 5.32 Å². The minimum absolute atomic E-state index is 0.0664. The zero-order chi connectivity index (χ0) is 17.9. The quantitative estimate of drug-likeness (QED) is 0.823. The van der Waals surface area contributed by atoms with Crippen LogP contribution < -0.4 is 10.6 Å². The van der Waals surface area contributed by atoms with Crippen LogP contribution in [0.1, 0.15) is 25.5 Å². The van der Waals surface area contributed by atoms with Gasteiger partial charge in [0.15, 0.2) is 0 Å². The molecule has 7 nitrogen and oxygen atoms in total.